The van der Waals surface area contributed by atoms with Crippen molar-refractivity contribution in [3.05, 3.63) is 65.1 Å². The van der Waals surface area contributed by atoms with E-state index < -0.39 is 5.97 Å². The van der Waals surface area contributed by atoms with Crippen LogP contribution in [0.25, 0.3) is 6.08 Å². The molecule has 1 fully saturated rings. The number of thioether (sulfide) groups is 1. The Morgan fingerprint density at radius 1 is 1.07 bits per heavy atom. The molecule has 2 aromatic rings. The van der Waals surface area contributed by atoms with Crippen molar-refractivity contribution in [2.75, 3.05) is 19.8 Å². The summed E-state index contributed by atoms with van der Waals surface area (Å²) in [6.45, 7) is 1.14. The molecule has 0 bridgehead atoms. The van der Waals surface area contributed by atoms with Gasteiger partial charge in [-0.1, -0.05) is 54.3 Å². The van der Waals surface area contributed by atoms with Crippen LogP contribution in [0.5, 0.6) is 11.5 Å². The van der Waals surface area contributed by atoms with Crippen LogP contribution in [-0.4, -0.2) is 46.0 Å². The monoisotopic (exact) mass is 443 g/mol. The van der Waals surface area contributed by atoms with Gasteiger partial charge < -0.3 is 14.6 Å². The summed E-state index contributed by atoms with van der Waals surface area (Å²) in [4.78, 5) is 25.0. The van der Waals surface area contributed by atoms with Gasteiger partial charge >= 0.3 is 5.97 Å². The van der Waals surface area contributed by atoms with Crippen LogP contribution in [0.2, 0.25) is 0 Å². The van der Waals surface area contributed by atoms with Crippen molar-refractivity contribution in [2.45, 2.75) is 12.8 Å². The van der Waals surface area contributed by atoms with E-state index in [0.717, 1.165) is 17.7 Å². The molecule has 0 aromatic heterocycles. The van der Waals surface area contributed by atoms with E-state index in [-0.39, 0.29) is 18.9 Å². The number of thiocarbonyl (C=S) groups is 1. The van der Waals surface area contributed by atoms with E-state index in [4.69, 9.17) is 26.8 Å². The summed E-state index contributed by atoms with van der Waals surface area (Å²) in [6, 6.07) is 17.0. The molecule has 1 heterocycles. The number of amides is 1. The molecule has 0 saturated carbocycles. The van der Waals surface area contributed by atoms with Gasteiger partial charge in [-0.2, -0.15) is 0 Å². The number of carbonyl (C=O) groups is 2. The second kappa shape index (κ2) is 10.8. The molecule has 0 spiro atoms. The molecule has 30 heavy (non-hydrogen) atoms. The standard InChI is InChI=1S/C22H21NO5S2/c24-20(25)10-11-23-21(26)19(30-22(23)29)15-16-6-4-9-18(14-16)28-13-5-12-27-17-7-2-1-3-8-17/h1-4,6-9,14-15H,5,10-13H2,(H,24,25)/b19-15-. The van der Waals surface area contributed by atoms with Crippen molar-refractivity contribution in [2.24, 2.45) is 0 Å². The lowest BCUT2D eigenvalue weighted by Gasteiger charge is -2.12. The van der Waals surface area contributed by atoms with Gasteiger partial charge in [0.15, 0.2) is 0 Å². The van der Waals surface area contributed by atoms with Crippen molar-refractivity contribution >= 4 is 46.3 Å². The fourth-order valence-corrected chi connectivity index (χ4v) is 4.01. The van der Waals surface area contributed by atoms with Gasteiger partial charge in [0.05, 0.1) is 24.5 Å². The highest BCUT2D eigenvalue weighted by molar-refractivity contribution is 8.26. The molecule has 3 rings (SSSR count). The van der Waals surface area contributed by atoms with Crippen molar-refractivity contribution in [3.63, 3.8) is 0 Å². The van der Waals surface area contributed by atoms with E-state index >= 15 is 0 Å². The van der Waals surface area contributed by atoms with Crippen LogP contribution in [-0.2, 0) is 9.59 Å². The molecule has 1 amide bonds. The van der Waals surface area contributed by atoms with Gasteiger partial charge in [0.2, 0.25) is 0 Å². The van der Waals surface area contributed by atoms with Gasteiger partial charge in [-0.05, 0) is 35.9 Å². The summed E-state index contributed by atoms with van der Waals surface area (Å²) in [5.41, 5.74) is 0.812. The first-order valence-corrected chi connectivity index (χ1v) is 10.6. The third-order valence-electron chi connectivity index (χ3n) is 4.15. The Morgan fingerprint density at radius 2 is 1.77 bits per heavy atom. The Hall–Kier alpha value is -2.84. The van der Waals surface area contributed by atoms with Gasteiger partial charge in [0.25, 0.3) is 5.91 Å². The van der Waals surface area contributed by atoms with E-state index in [0.29, 0.717) is 28.2 Å². The Kier molecular flexibility index (Phi) is 7.87. The smallest absolute Gasteiger partial charge is 0.305 e. The average Bonchev–Trinajstić information content (AvgIpc) is 3.00. The normalized spacial score (nSPS) is 14.9. The minimum atomic E-state index is -0.966. The molecule has 0 atom stereocenters. The van der Waals surface area contributed by atoms with Crippen molar-refractivity contribution in [1.82, 2.24) is 4.90 Å². The van der Waals surface area contributed by atoms with Crippen LogP contribution in [0.3, 0.4) is 0 Å². The molecular weight excluding hydrogens is 422 g/mol. The molecule has 6 nitrogen and oxygen atoms in total. The summed E-state index contributed by atoms with van der Waals surface area (Å²) < 4.78 is 11.8. The summed E-state index contributed by atoms with van der Waals surface area (Å²) in [5.74, 6) is 0.299. The molecule has 2 aromatic carbocycles. The average molecular weight is 444 g/mol. The molecule has 0 radical (unpaired) electrons. The van der Waals surface area contributed by atoms with Crippen molar-refractivity contribution in [1.29, 1.82) is 0 Å². The van der Waals surface area contributed by atoms with E-state index in [2.05, 4.69) is 0 Å². The third-order valence-corrected chi connectivity index (χ3v) is 5.53. The number of carboxylic acids is 1. The second-order valence-corrected chi connectivity index (χ2v) is 8.09. The van der Waals surface area contributed by atoms with E-state index in [9.17, 15) is 9.59 Å². The maximum atomic E-state index is 12.5. The molecule has 1 saturated heterocycles. The number of carbonyl (C=O) groups excluding carboxylic acids is 1. The maximum absolute atomic E-state index is 12.5. The molecule has 8 heteroatoms. The van der Waals surface area contributed by atoms with Gasteiger partial charge in [-0.25, -0.2) is 0 Å². The van der Waals surface area contributed by atoms with Crippen LogP contribution in [0.15, 0.2) is 59.5 Å². The fourth-order valence-electron chi connectivity index (χ4n) is 2.70. The predicted octanol–water partition coefficient (Wildman–Crippen LogP) is 4.21. The minimum absolute atomic E-state index is 0.0749. The summed E-state index contributed by atoms with van der Waals surface area (Å²) in [7, 11) is 0. The third kappa shape index (κ3) is 6.33. The number of aliphatic carboxylic acids is 1. The van der Waals surface area contributed by atoms with E-state index in [1.165, 1.54) is 16.7 Å². The van der Waals surface area contributed by atoms with Gasteiger partial charge in [0, 0.05) is 13.0 Å². The largest absolute Gasteiger partial charge is 0.493 e. The molecule has 156 valence electrons. The molecular formula is C22H21NO5S2. The number of hydrogen-bond donors (Lipinski definition) is 1. The van der Waals surface area contributed by atoms with Crippen molar-refractivity contribution in [3.8, 4) is 11.5 Å². The maximum Gasteiger partial charge on any atom is 0.305 e. The van der Waals surface area contributed by atoms with Gasteiger partial charge in [-0.3, -0.25) is 14.5 Å². The van der Waals surface area contributed by atoms with Crippen LogP contribution in [0.4, 0.5) is 0 Å². The summed E-state index contributed by atoms with van der Waals surface area (Å²) >= 11 is 6.38. The van der Waals surface area contributed by atoms with E-state index in [1.807, 2.05) is 54.6 Å². The number of para-hydroxylation sites is 1. The lowest BCUT2D eigenvalue weighted by atomic mass is 10.2. The van der Waals surface area contributed by atoms with Crippen LogP contribution in [0.1, 0.15) is 18.4 Å². The van der Waals surface area contributed by atoms with Gasteiger partial charge in [0.1, 0.15) is 15.8 Å². The molecule has 0 unspecified atom stereocenters. The second-order valence-electron chi connectivity index (χ2n) is 6.41. The fraction of sp³-hybridized carbons (Fsp3) is 0.227. The molecule has 1 aliphatic rings. The first-order valence-electron chi connectivity index (χ1n) is 9.41. The molecule has 1 N–H and O–H groups in total. The number of ether oxygens (including phenoxy) is 2. The number of hydrogen-bond acceptors (Lipinski definition) is 6. The number of benzene rings is 2. The Balaban J connectivity index is 1.51. The Morgan fingerprint density at radius 3 is 2.50 bits per heavy atom. The number of rotatable bonds is 10. The zero-order valence-electron chi connectivity index (χ0n) is 16.2. The quantitative estimate of drug-likeness (QED) is 0.335. The molecule has 0 aliphatic carbocycles. The SMILES string of the molecule is O=C(O)CCN1C(=O)/C(=C/c2cccc(OCCCOc3ccccc3)c2)SC1=S. The predicted molar refractivity (Wildman–Crippen MR) is 121 cm³/mol. The first kappa shape index (κ1) is 21.9. The van der Waals surface area contributed by atoms with Crippen LogP contribution in [0, 0.1) is 0 Å². The van der Waals surface area contributed by atoms with Crippen molar-refractivity contribution < 1.29 is 24.2 Å². The Bertz CT molecular complexity index is 946. The topological polar surface area (TPSA) is 76.1 Å². The highest BCUT2D eigenvalue weighted by atomic mass is 32.2. The van der Waals surface area contributed by atoms with Crippen LogP contribution >= 0.6 is 24.0 Å². The van der Waals surface area contributed by atoms with Gasteiger partial charge in [-0.15, -0.1) is 0 Å². The minimum Gasteiger partial charge on any atom is -0.493 e. The number of carboxylic acid groups (broad SMARTS) is 1. The first-order chi connectivity index (χ1) is 14.5. The molecule has 1 aliphatic heterocycles. The lowest BCUT2D eigenvalue weighted by Crippen LogP contribution is -2.30. The zero-order valence-corrected chi connectivity index (χ0v) is 17.8. The van der Waals surface area contributed by atoms with Crippen LogP contribution < -0.4 is 9.47 Å². The highest BCUT2D eigenvalue weighted by Crippen LogP contribution is 2.33. The Labute approximate surface area is 184 Å². The zero-order chi connectivity index (χ0) is 21.3. The summed E-state index contributed by atoms with van der Waals surface area (Å²) in [5, 5.41) is 8.82. The lowest BCUT2D eigenvalue weighted by molar-refractivity contribution is -0.137. The van der Waals surface area contributed by atoms with E-state index in [1.54, 1.807) is 6.08 Å². The highest BCUT2D eigenvalue weighted by Gasteiger charge is 2.32. The summed E-state index contributed by atoms with van der Waals surface area (Å²) in [6.07, 6.45) is 2.34. The number of nitrogens with zero attached hydrogens (tertiary/aromatic N) is 1.